The molecule has 0 fully saturated rings. The first kappa shape index (κ1) is 17.9. The molecule has 0 bridgehead atoms. The molecule has 1 aromatic carbocycles. The van der Waals surface area contributed by atoms with E-state index in [0.717, 1.165) is 5.56 Å². The Morgan fingerprint density at radius 1 is 1.45 bits per heavy atom. The Balaban J connectivity index is 0.00000200. The normalized spacial score (nSPS) is 10.0. The summed E-state index contributed by atoms with van der Waals surface area (Å²) >= 11 is 9.42. The van der Waals surface area contributed by atoms with Crippen LogP contribution in [0.4, 0.5) is 0 Å². The van der Waals surface area contributed by atoms with Gasteiger partial charge in [0, 0.05) is 39.8 Å². The van der Waals surface area contributed by atoms with Crippen molar-refractivity contribution < 1.29 is 37.4 Å². The minimum Gasteiger partial charge on any atom is -0.494 e. The van der Waals surface area contributed by atoms with Crippen LogP contribution < -0.4 is 10.3 Å². The average Bonchev–Trinajstić information content (AvgIpc) is 2.38. The van der Waals surface area contributed by atoms with Crippen LogP contribution >= 0.6 is 27.5 Å². The van der Waals surface area contributed by atoms with Gasteiger partial charge in [-0.3, -0.25) is 4.79 Å². The number of ether oxygens (including phenoxy) is 1. The molecule has 2 rings (SSSR count). The largest absolute Gasteiger partial charge is 0.494 e. The van der Waals surface area contributed by atoms with Crippen molar-refractivity contribution in [3.8, 4) is 17.0 Å². The van der Waals surface area contributed by atoms with Crippen LogP contribution in [0, 0.1) is 6.07 Å². The van der Waals surface area contributed by atoms with E-state index in [9.17, 15) is 4.79 Å². The molecule has 0 saturated carbocycles. The number of halogens is 2. The maximum Gasteiger partial charge on any atom is 0.208 e. The third-order valence-electron chi connectivity index (χ3n) is 2.69. The van der Waals surface area contributed by atoms with E-state index in [1.165, 1.54) is 4.57 Å². The summed E-state index contributed by atoms with van der Waals surface area (Å²) in [4.78, 5) is 11.9. The standard InChI is InChI=1S/C14H12BrClNO2.Y/c1-3-19-9-4-5-10(12(16)8-9)13-7-6-11(15)14(18)17(13)2;/h4-6,8H,3H2,1-2H3;/q-1;. The van der Waals surface area contributed by atoms with E-state index in [2.05, 4.69) is 22.0 Å². The molecule has 3 nitrogen and oxygen atoms in total. The first-order chi connectivity index (χ1) is 9.04. The van der Waals surface area contributed by atoms with Crippen molar-refractivity contribution in [3.05, 3.63) is 50.2 Å². The Kier molecular flexibility index (Phi) is 6.92. The van der Waals surface area contributed by atoms with Crippen LogP contribution in [0.1, 0.15) is 6.92 Å². The molecule has 0 amide bonds. The average molecular weight is 431 g/mol. The van der Waals surface area contributed by atoms with Gasteiger partial charge in [0.2, 0.25) is 5.56 Å². The second-order valence-corrected chi connectivity index (χ2v) is 5.19. The van der Waals surface area contributed by atoms with Crippen LogP contribution in [0.25, 0.3) is 11.3 Å². The maximum atomic E-state index is 11.9. The van der Waals surface area contributed by atoms with Gasteiger partial charge in [0.25, 0.3) is 0 Å². The molecule has 0 spiro atoms. The zero-order chi connectivity index (χ0) is 14.0. The summed E-state index contributed by atoms with van der Waals surface area (Å²) in [5.41, 5.74) is 1.26. The summed E-state index contributed by atoms with van der Waals surface area (Å²) in [5.74, 6) is 0.707. The SMILES string of the molecule is CCOc1ccc(-c2[c-]cc(Br)c(=O)n2C)c(Cl)c1.[Y]. The molecule has 1 radical (unpaired) electrons. The van der Waals surface area contributed by atoms with Gasteiger partial charge in [-0.25, -0.2) is 0 Å². The van der Waals surface area contributed by atoms with Gasteiger partial charge in [-0.15, -0.1) is 22.0 Å². The summed E-state index contributed by atoms with van der Waals surface area (Å²) < 4.78 is 7.36. The van der Waals surface area contributed by atoms with Crippen LogP contribution in [0.15, 0.2) is 33.5 Å². The topological polar surface area (TPSA) is 31.2 Å². The minimum absolute atomic E-state index is 0. The fourth-order valence-electron chi connectivity index (χ4n) is 1.75. The maximum absolute atomic E-state index is 11.9. The first-order valence-corrected chi connectivity index (χ1v) is 6.91. The van der Waals surface area contributed by atoms with Crippen LogP contribution in [-0.4, -0.2) is 11.2 Å². The molecule has 0 saturated heterocycles. The monoisotopic (exact) mass is 429 g/mol. The Morgan fingerprint density at radius 2 is 2.15 bits per heavy atom. The van der Waals surface area contributed by atoms with E-state index in [4.69, 9.17) is 16.3 Å². The fraction of sp³-hybridized carbons (Fsp3) is 0.214. The van der Waals surface area contributed by atoms with Gasteiger partial charge in [0.05, 0.1) is 6.61 Å². The molecule has 0 N–H and O–H groups in total. The molecule has 0 aliphatic rings. The van der Waals surface area contributed by atoms with Crippen molar-refractivity contribution in [2.75, 3.05) is 6.61 Å². The minimum atomic E-state index is -0.126. The molecule has 0 atom stereocenters. The van der Waals surface area contributed by atoms with Gasteiger partial charge < -0.3 is 9.30 Å². The number of aromatic nitrogens is 1. The van der Waals surface area contributed by atoms with Crippen LogP contribution in [0.3, 0.4) is 0 Å². The summed E-state index contributed by atoms with van der Waals surface area (Å²) in [6.07, 6.45) is 0. The number of hydrogen-bond acceptors (Lipinski definition) is 2. The van der Waals surface area contributed by atoms with Gasteiger partial charge in [-0.1, -0.05) is 22.9 Å². The molecule has 0 aliphatic heterocycles. The zero-order valence-electron chi connectivity index (χ0n) is 11.1. The smallest absolute Gasteiger partial charge is 0.208 e. The van der Waals surface area contributed by atoms with Gasteiger partial charge in [-0.2, -0.15) is 12.1 Å². The number of benzene rings is 1. The number of pyridine rings is 1. The number of nitrogens with zero attached hydrogens (tertiary/aromatic N) is 1. The van der Waals surface area contributed by atoms with Crippen LogP contribution in [0.5, 0.6) is 5.75 Å². The molecule has 0 unspecified atom stereocenters. The van der Waals surface area contributed by atoms with Gasteiger partial charge in [0.1, 0.15) is 5.75 Å². The van der Waals surface area contributed by atoms with E-state index >= 15 is 0 Å². The third kappa shape index (κ3) is 3.73. The fourth-order valence-corrected chi connectivity index (χ4v) is 2.40. The molecule has 1 aromatic heterocycles. The molecular formula is C14H12BrClNO2Y-. The van der Waals surface area contributed by atoms with Crippen molar-refractivity contribution in [1.29, 1.82) is 0 Å². The molecule has 2 aromatic rings. The number of rotatable bonds is 3. The number of hydrogen-bond donors (Lipinski definition) is 0. The second-order valence-electron chi connectivity index (χ2n) is 3.92. The summed E-state index contributed by atoms with van der Waals surface area (Å²) in [5, 5.41) is 0.527. The van der Waals surface area contributed by atoms with Crippen molar-refractivity contribution >= 4 is 27.5 Å². The van der Waals surface area contributed by atoms with Crippen LogP contribution in [-0.2, 0) is 39.8 Å². The Labute approximate surface area is 156 Å². The van der Waals surface area contributed by atoms with Crippen molar-refractivity contribution in [2.24, 2.45) is 7.05 Å². The van der Waals surface area contributed by atoms with E-state index in [0.29, 0.717) is 27.5 Å². The predicted octanol–water partition coefficient (Wildman–Crippen LogP) is 3.66. The summed E-state index contributed by atoms with van der Waals surface area (Å²) in [6.45, 7) is 2.49. The predicted molar refractivity (Wildman–Crippen MR) is 79.8 cm³/mol. The van der Waals surface area contributed by atoms with E-state index in [1.54, 1.807) is 19.2 Å². The molecule has 20 heavy (non-hydrogen) atoms. The molecular weight excluding hydrogens is 418 g/mol. The summed E-state index contributed by atoms with van der Waals surface area (Å²) in [6, 6.07) is 10.0. The Morgan fingerprint density at radius 3 is 2.75 bits per heavy atom. The third-order valence-corrected chi connectivity index (χ3v) is 3.57. The molecule has 103 valence electrons. The Bertz CT molecular complexity index is 673. The van der Waals surface area contributed by atoms with Crippen LogP contribution in [0.2, 0.25) is 5.02 Å². The zero-order valence-corrected chi connectivity index (χ0v) is 16.3. The molecule has 0 aliphatic carbocycles. The van der Waals surface area contributed by atoms with E-state index in [1.807, 2.05) is 19.1 Å². The van der Waals surface area contributed by atoms with Gasteiger partial charge in [-0.05, 0) is 28.6 Å². The van der Waals surface area contributed by atoms with Gasteiger partial charge >= 0.3 is 0 Å². The quantitative estimate of drug-likeness (QED) is 0.696. The molecule has 6 heteroatoms. The first-order valence-electron chi connectivity index (χ1n) is 5.74. The molecule has 1 heterocycles. The van der Waals surface area contributed by atoms with Gasteiger partial charge in [0.15, 0.2) is 0 Å². The van der Waals surface area contributed by atoms with Crippen molar-refractivity contribution in [3.63, 3.8) is 0 Å². The van der Waals surface area contributed by atoms with E-state index in [-0.39, 0.29) is 38.3 Å². The van der Waals surface area contributed by atoms with Crippen molar-refractivity contribution in [1.82, 2.24) is 4.57 Å². The second kappa shape index (κ2) is 7.74. The summed E-state index contributed by atoms with van der Waals surface area (Å²) in [7, 11) is 1.69. The van der Waals surface area contributed by atoms with E-state index < -0.39 is 0 Å². The Hall–Kier alpha value is -0.156. The van der Waals surface area contributed by atoms with Crippen molar-refractivity contribution in [2.45, 2.75) is 6.92 Å².